The van der Waals surface area contributed by atoms with Gasteiger partial charge in [0.05, 0.1) is 12.2 Å². The maximum absolute atomic E-state index is 12.2. The highest BCUT2D eigenvalue weighted by Crippen LogP contribution is 2.16. The van der Waals surface area contributed by atoms with Crippen LogP contribution in [0.1, 0.15) is 41.3 Å². The van der Waals surface area contributed by atoms with E-state index in [-0.39, 0.29) is 11.9 Å². The molecule has 0 unspecified atom stereocenters. The van der Waals surface area contributed by atoms with Crippen molar-refractivity contribution >= 4 is 23.6 Å². The van der Waals surface area contributed by atoms with Gasteiger partial charge >= 0.3 is 5.97 Å². The number of nitrogens with one attached hydrogen (secondary N) is 1. The summed E-state index contributed by atoms with van der Waals surface area (Å²) in [6.07, 6.45) is 5.01. The number of benzene rings is 3. The third-order valence-corrected chi connectivity index (χ3v) is 4.67. The van der Waals surface area contributed by atoms with Gasteiger partial charge in [-0.05, 0) is 60.0 Å². The van der Waals surface area contributed by atoms with E-state index in [9.17, 15) is 9.59 Å². The van der Waals surface area contributed by atoms with Crippen molar-refractivity contribution in [3.05, 3.63) is 102 Å². The highest BCUT2D eigenvalue weighted by atomic mass is 16.5. The van der Waals surface area contributed by atoms with E-state index in [1.165, 1.54) is 6.08 Å². The molecule has 32 heavy (non-hydrogen) atoms. The summed E-state index contributed by atoms with van der Waals surface area (Å²) in [4.78, 5) is 24.1. The molecule has 0 bridgehead atoms. The van der Waals surface area contributed by atoms with Crippen LogP contribution in [-0.4, -0.2) is 18.5 Å². The lowest BCUT2D eigenvalue weighted by Gasteiger charge is -2.06. The van der Waals surface area contributed by atoms with E-state index in [1.807, 2.05) is 61.5 Å². The zero-order valence-corrected chi connectivity index (χ0v) is 18.1. The van der Waals surface area contributed by atoms with Crippen molar-refractivity contribution in [3.63, 3.8) is 0 Å². The molecule has 0 radical (unpaired) electrons. The van der Waals surface area contributed by atoms with E-state index in [2.05, 4.69) is 5.32 Å². The Morgan fingerprint density at radius 3 is 2.31 bits per heavy atom. The third kappa shape index (κ3) is 7.43. The number of unbranched alkanes of at least 4 members (excludes halogenated alkanes) is 1. The standard InChI is InChI=1S/C27H27NO4/c1-2-3-19-31-27(30)23-12-14-24(15-13-23)28-26(29)18-11-21-9-16-25(17-10-21)32-20-22-7-5-4-6-8-22/h4-18H,2-3,19-20H2,1H3,(H,28,29). The van der Waals surface area contributed by atoms with Crippen LogP contribution in [0.5, 0.6) is 5.75 Å². The summed E-state index contributed by atoms with van der Waals surface area (Å²) < 4.78 is 10.9. The molecule has 5 heteroatoms. The van der Waals surface area contributed by atoms with Crippen LogP contribution in [0.15, 0.2) is 84.9 Å². The summed E-state index contributed by atoms with van der Waals surface area (Å²) in [6, 6.07) is 24.1. The normalized spacial score (nSPS) is 10.7. The minimum Gasteiger partial charge on any atom is -0.489 e. The second-order valence-corrected chi connectivity index (χ2v) is 7.23. The fourth-order valence-electron chi connectivity index (χ4n) is 2.85. The molecule has 0 fully saturated rings. The zero-order valence-electron chi connectivity index (χ0n) is 18.1. The highest BCUT2D eigenvalue weighted by molar-refractivity contribution is 6.02. The summed E-state index contributed by atoms with van der Waals surface area (Å²) in [5.41, 5.74) is 3.06. The van der Waals surface area contributed by atoms with Crippen molar-refractivity contribution in [2.24, 2.45) is 0 Å². The smallest absolute Gasteiger partial charge is 0.338 e. The number of hydrogen-bond donors (Lipinski definition) is 1. The average Bonchev–Trinajstić information content (AvgIpc) is 2.83. The minimum atomic E-state index is -0.354. The largest absolute Gasteiger partial charge is 0.489 e. The zero-order chi connectivity index (χ0) is 22.6. The predicted octanol–water partition coefficient (Wildman–Crippen LogP) is 5.87. The van der Waals surface area contributed by atoms with Crippen LogP contribution in [0.4, 0.5) is 5.69 Å². The molecule has 0 saturated carbocycles. The van der Waals surface area contributed by atoms with Gasteiger partial charge in [0.2, 0.25) is 5.91 Å². The molecule has 0 saturated heterocycles. The van der Waals surface area contributed by atoms with E-state index < -0.39 is 0 Å². The quantitative estimate of drug-likeness (QED) is 0.248. The summed E-state index contributed by atoms with van der Waals surface area (Å²) in [7, 11) is 0. The second-order valence-electron chi connectivity index (χ2n) is 7.23. The van der Waals surface area contributed by atoms with Crippen molar-refractivity contribution < 1.29 is 19.1 Å². The number of carbonyl (C=O) groups excluding carboxylic acids is 2. The molecule has 1 N–H and O–H groups in total. The number of esters is 1. The first-order chi connectivity index (χ1) is 15.6. The first-order valence-electron chi connectivity index (χ1n) is 10.7. The van der Waals surface area contributed by atoms with Gasteiger partial charge in [-0.3, -0.25) is 4.79 Å². The first-order valence-corrected chi connectivity index (χ1v) is 10.7. The average molecular weight is 430 g/mol. The number of amides is 1. The van der Waals surface area contributed by atoms with Crippen LogP contribution in [-0.2, 0) is 16.1 Å². The van der Waals surface area contributed by atoms with Gasteiger partial charge in [-0.15, -0.1) is 0 Å². The summed E-state index contributed by atoms with van der Waals surface area (Å²) in [5.74, 6) is 0.156. The number of anilines is 1. The van der Waals surface area contributed by atoms with Crippen LogP contribution in [0.3, 0.4) is 0 Å². The van der Waals surface area contributed by atoms with Gasteiger partial charge in [-0.25, -0.2) is 4.79 Å². The van der Waals surface area contributed by atoms with E-state index in [0.717, 1.165) is 29.7 Å². The Balaban J connectivity index is 1.47. The maximum Gasteiger partial charge on any atom is 0.338 e. The molecule has 3 aromatic carbocycles. The SMILES string of the molecule is CCCCOC(=O)c1ccc(NC(=O)C=Cc2ccc(OCc3ccccc3)cc2)cc1. The van der Waals surface area contributed by atoms with E-state index in [4.69, 9.17) is 9.47 Å². The molecule has 3 aromatic rings. The van der Waals surface area contributed by atoms with E-state index in [1.54, 1.807) is 30.3 Å². The maximum atomic E-state index is 12.2. The number of hydrogen-bond acceptors (Lipinski definition) is 4. The summed E-state index contributed by atoms with van der Waals surface area (Å²) in [5, 5.41) is 2.78. The fraction of sp³-hybridized carbons (Fsp3) is 0.185. The fourth-order valence-corrected chi connectivity index (χ4v) is 2.85. The molecule has 1 amide bonds. The van der Waals surface area contributed by atoms with Gasteiger partial charge in [-0.2, -0.15) is 0 Å². The molecule has 0 aromatic heterocycles. The molecule has 0 spiro atoms. The molecule has 0 atom stereocenters. The van der Waals surface area contributed by atoms with Gasteiger partial charge in [0, 0.05) is 11.8 Å². The van der Waals surface area contributed by atoms with Crippen molar-refractivity contribution in [2.75, 3.05) is 11.9 Å². The molecule has 0 heterocycles. The molecule has 164 valence electrons. The van der Waals surface area contributed by atoms with Crippen LogP contribution < -0.4 is 10.1 Å². The van der Waals surface area contributed by atoms with Crippen molar-refractivity contribution in [1.82, 2.24) is 0 Å². The van der Waals surface area contributed by atoms with Crippen LogP contribution in [0.25, 0.3) is 6.08 Å². The molecular formula is C27H27NO4. The molecule has 0 aliphatic rings. The lowest BCUT2D eigenvalue weighted by molar-refractivity contribution is -0.111. The van der Waals surface area contributed by atoms with Gasteiger partial charge in [0.1, 0.15) is 12.4 Å². The van der Waals surface area contributed by atoms with E-state index >= 15 is 0 Å². The Morgan fingerprint density at radius 2 is 1.62 bits per heavy atom. The third-order valence-electron chi connectivity index (χ3n) is 4.67. The van der Waals surface area contributed by atoms with Crippen LogP contribution in [0, 0.1) is 0 Å². The van der Waals surface area contributed by atoms with Crippen molar-refractivity contribution in [1.29, 1.82) is 0 Å². The van der Waals surface area contributed by atoms with Crippen LogP contribution in [0.2, 0.25) is 0 Å². The second kappa shape index (κ2) is 12.1. The topological polar surface area (TPSA) is 64.6 Å². The highest BCUT2D eigenvalue weighted by Gasteiger charge is 2.07. The van der Waals surface area contributed by atoms with Gasteiger partial charge < -0.3 is 14.8 Å². The van der Waals surface area contributed by atoms with E-state index in [0.29, 0.717) is 24.5 Å². The van der Waals surface area contributed by atoms with Gasteiger partial charge in [0.25, 0.3) is 0 Å². The Bertz CT molecular complexity index is 1030. The van der Waals surface area contributed by atoms with Gasteiger partial charge in [-0.1, -0.05) is 55.8 Å². The Labute approximate surface area is 188 Å². The Kier molecular flexibility index (Phi) is 8.63. The van der Waals surface area contributed by atoms with Crippen LogP contribution >= 0.6 is 0 Å². The molecule has 3 rings (SSSR count). The summed E-state index contributed by atoms with van der Waals surface area (Å²) in [6.45, 7) is 2.96. The van der Waals surface area contributed by atoms with Gasteiger partial charge in [0.15, 0.2) is 0 Å². The predicted molar refractivity (Wildman–Crippen MR) is 127 cm³/mol. The monoisotopic (exact) mass is 429 g/mol. The molecule has 0 aliphatic carbocycles. The number of rotatable bonds is 10. The number of ether oxygens (including phenoxy) is 2. The minimum absolute atomic E-state index is 0.257. The summed E-state index contributed by atoms with van der Waals surface area (Å²) >= 11 is 0. The lowest BCUT2D eigenvalue weighted by Crippen LogP contribution is -2.09. The Hall–Kier alpha value is -3.86. The first kappa shape index (κ1) is 22.8. The molecule has 0 aliphatic heterocycles. The van der Waals surface area contributed by atoms with Crippen molar-refractivity contribution in [2.45, 2.75) is 26.4 Å². The number of carbonyl (C=O) groups is 2. The lowest BCUT2D eigenvalue weighted by atomic mass is 10.2. The Morgan fingerprint density at radius 1 is 0.906 bits per heavy atom. The molecular weight excluding hydrogens is 402 g/mol. The molecule has 5 nitrogen and oxygen atoms in total. The van der Waals surface area contributed by atoms with Crippen molar-refractivity contribution in [3.8, 4) is 5.75 Å².